The fourth-order valence-corrected chi connectivity index (χ4v) is 1.45. The van der Waals surface area contributed by atoms with Crippen LogP contribution in [0.15, 0.2) is 31.4 Å². The van der Waals surface area contributed by atoms with Crippen LogP contribution >= 0.6 is 0 Å². The summed E-state index contributed by atoms with van der Waals surface area (Å²) in [7, 11) is 0. The molecule has 1 aromatic rings. The maximum Gasteiger partial charge on any atom is 0.122 e. The molecule has 0 amide bonds. The van der Waals surface area contributed by atoms with Crippen LogP contribution in [0, 0.1) is 6.92 Å². The summed E-state index contributed by atoms with van der Waals surface area (Å²) in [4.78, 5) is 0. The van der Waals surface area contributed by atoms with E-state index in [0.29, 0.717) is 0 Å². The molecule has 70 valence electrons. The van der Waals surface area contributed by atoms with Gasteiger partial charge in [-0.15, -0.1) is 13.2 Å². The summed E-state index contributed by atoms with van der Waals surface area (Å²) in [6, 6.07) is 6.44. The molecule has 0 unspecified atom stereocenters. The second kappa shape index (κ2) is 4.70. The Kier molecular flexibility index (Phi) is 3.56. The summed E-state index contributed by atoms with van der Waals surface area (Å²) in [5, 5.41) is 0. The molecule has 0 radical (unpaired) electrons. The Labute approximate surface area is 80.0 Å². The van der Waals surface area contributed by atoms with Crippen LogP contribution < -0.4 is 4.74 Å². The number of hydrogen-bond donors (Lipinski definition) is 0. The summed E-state index contributed by atoms with van der Waals surface area (Å²) in [5.41, 5.74) is 2.65. The second-order valence-corrected chi connectivity index (χ2v) is 3.06. The van der Waals surface area contributed by atoms with E-state index in [1.54, 1.807) is 0 Å². The molecule has 0 saturated carbocycles. The molecule has 0 aromatic heterocycles. The largest absolute Gasteiger partial charge is 0.493 e. The van der Waals surface area contributed by atoms with Crippen molar-refractivity contribution in [3.05, 3.63) is 42.5 Å². The van der Waals surface area contributed by atoms with Crippen molar-refractivity contribution in [2.24, 2.45) is 0 Å². The van der Waals surface area contributed by atoms with Gasteiger partial charge in [-0.25, -0.2) is 0 Å². The van der Waals surface area contributed by atoms with Crippen LogP contribution in [-0.4, -0.2) is 6.61 Å². The number of hydrogen-bond acceptors (Lipinski definition) is 1. The minimum Gasteiger partial charge on any atom is -0.493 e. The third kappa shape index (κ3) is 2.35. The van der Waals surface area contributed by atoms with Crippen molar-refractivity contribution in [1.82, 2.24) is 0 Å². The van der Waals surface area contributed by atoms with Crippen molar-refractivity contribution in [2.45, 2.75) is 19.8 Å². The maximum absolute atomic E-state index is 5.50. The molecule has 1 aliphatic rings. The van der Waals surface area contributed by atoms with Crippen LogP contribution in [0.5, 0.6) is 5.75 Å². The van der Waals surface area contributed by atoms with Crippen LogP contribution in [0.3, 0.4) is 0 Å². The minimum atomic E-state index is 0.885. The average Bonchev–Trinajstić information content (AvgIpc) is 2.21. The fourth-order valence-electron chi connectivity index (χ4n) is 1.45. The first kappa shape index (κ1) is 9.85. The summed E-state index contributed by atoms with van der Waals surface area (Å²) in [6.45, 7) is 8.98. The van der Waals surface area contributed by atoms with Gasteiger partial charge >= 0.3 is 0 Å². The summed E-state index contributed by atoms with van der Waals surface area (Å²) >= 11 is 0. The predicted molar refractivity (Wildman–Crippen MR) is 56.2 cm³/mol. The van der Waals surface area contributed by atoms with Crippen LogP contribution in [0.25, 0.3) is 0 Å². The highest BCUT2D eigenvalue weighted by Gasteiger charge is 2.08. The molecule has 1 aliphatic heterocycles. The van der Waals surface area contributed by atoms with E-state index in [0.717, 1.165) is 18.8 Å². The lowest BCUT2D eigenvalue weighted by atomic mass is 10.0. The zero-order chi connectivity index (χ0) is 9.68. The van der Waals surface area contributed by atoms with Gasteiger partial charge < -0.3 is 4.74 Å². The Morgan fingerprint density at radius 3 is 2.85 bits per heavy atom. The highest BCUT2D eigenvalue weighted by Crippen LogP contribution is 2.25. The fraction of sp³-hybridized carbons (Fsp3) is 0.333. The Morgan fingerprint density at radius 2 is 2.08 bits per heavy atom. The maximum atomic E-state index is 5.50. The van der Waals surface area contributed by atoms with Crippen molar-refractivity contribution in [3.63, 3.8) is 0 Å². The van der Waals surface area contributed by atoms with Gasteiger partial charge in [-0.1, -0.05) is 12.1 Å². The van der Waals surface area contributed by atoms with Crippen LogP contribution in [0.1, 0.15) is 17.5 Å². The molecule has 1 heteroatoms. The predicted octanol–water partition coefficient (Wildman–Crippen LogP) is 3.12. The lowest BCUT2D eigenvalue weighted by Gasteiger charge is -2.16. The van der Waals surface area contributed by atoms with Gasteiger partial charge in [0.25, 0.3) is 0 Å². The van der Waals surface area contributed by atoms with E-state index in [-0.39, 0.29) is 0 Å². The molecule has 0 saturated heterocycles. The van der Waals surface area contributed by atoms with Crippen molar-refractivity contribution in [1.29, 1.82) is 0 Å². The standard InChI is InChI=1S/C10H12O.C2H4/c1-8-4-5-9-3-2-6-11-10(9)7-8;1-2/h4-5,7H,2-3,6H2,1H3;1-2H2. The molecule has 2 rings (SSSR count). The van der Waals surface area contributed by atoms with Gasteiger partial charge in [0.15, 0.2) is 0 Å². The topological polar surface area (TPSA) is 9.23 Å². The molecule has 0 spiro atoms. The Morgan fingerprint density at radius 1 is 1.31 bits per heavy atom. The molecule has 1 nitrogen and oxygen atoms in total. The van der Waals surface area contributed by atoms with Gasteiger partial charge in [0, 0.05) is 0 Å². The van der Waals surface area contributed by atoms with E-state index in [2.05, 4.69) is 38.3 Å². The van der Waals surface area contributed by atoms with Crippen LogP contribution in [-0.2, 0) is 6.42 Å². The smallest absolute Gasteiger partial charge is 0.122 e. The van der Waals surface area contributed by atoms with E-state index < -0.39 is 0 Å². The minimum absolute atomic E-state index is 0.885. The molecular weight excluding hydrogens is 160 g/mol. The lowest BCUT2D eigenvalue weighted by molar-refractivity contribution is 0.288. The number of rotatable bonds is 0. The molecule has 0 atom stereocenters. The highest BCUT2D eigenvalue weighted by molar-refractivity contribution is 5.38. The monoisotopic (exact) mass is 176 g/mol. The van der Waals surface area contributed by atoms with Gasteiger partial charge in [0.2, 0.25) is 0 Å². The van der Waals surface area contributed by atoms with Crippen LogP contribution in [0.4, 0.5) is 0 Å². The van der Waals surface area contributed by atoms with Gasteiger partial charge in [-0.05, 0) is 37.0 Å². The lowest BCUT2D eigenvalue weighted by Crippen LogP contribution is -2.07. The van der Waals surface area contributed by atoms with E-state index >= 15 is 0 Å². The number of aryl methyl sites for hydroxylation is 2. The van der Waals surface area contributed by atoms with Gasteiger partial charge in [-0.2, -0.15) is 0 Å². The molecule has 1 aromatic carbocycles. The van der Waals surface area contributed by atoms with Crippen LogP contribution in [0.2, 0.25) is 0 Å². The summed E-state index contributed by atoms with van der Waals surface area (Å²) in [6.07, 6.45) is 2.34. The summed E-state index contributed by atoms with van der Waals surface area (Å²) in [5.74, 6) is 1.09. The molecule has 0 N–H and O–H groups in total. The highest BCUT2D eigenvalue weighted by atomic mass is 16.5. The first-order valence-corrected chi connectivity index (χ1v) is 4.58. The molecule has 0 fully saturated rings. The third-order valence-corrected chi connectivity index (χ3v) is 2.07. The SMILES string of the molecule is C=C.Cc1ccc2c(c1)OCCC2. The van der Waals surface area contributed by atoms with Crippen molar-refractivity contribution in [3.8, 4) is 5.75 Å². The first-order valence-electron chi connectivity index (χ1n) is 4.58. The van der Waals surface area contributed by atoms with Gasteiger partial charge in [-0.3, -0.25) is 0 Å². The Balaban J connectivity index is 0.000000396. The van der Waals surface area contributed by atoms with E-state index in [1.165, 1.54) is 17.5 Å². The zero-order valence-electron chi connectivity index (χ0n) is 8.18. The van der Waals surface area contributed by atoms with Crippen molar-refractivity contribution >= 4 is 0 Å². The number of benzene rings is 1. The van der Waals surface area contributed by atoms with E-state index in [4.69, 9.17) is 4.74 Å². The second-order valence-electron chi connectivity index (χ2n) is 3.06. The number of ether oxygens (including phenoxy) is 1. The molecule has 13 heavy (non-hydrogen) atoms. The normalized spacial score (nSPS) is 13.3. The summed E-state index contributed by atoms with van der Waals surface area (Å²) < 4.78 is 5.50. The van der Waals surface area contributed by atoms with Gasteiger partial charge in [0.05, 0.1) is 6.61 Å². The number of fused-ring (bicyclic) bond motifs is 1. The molecular formula is C12H16O. The molecule has 0 bridgehead atoms. The Hall–Kier alpha value is -1.24. The first-order chi connectivity index (χ1) is 6.36. The van der Waals surface area contributed by atoms with Crippen molar-refractivity contribution < 1.29 is 4.74 Å². The average molecular weight is 176 g/mol. The zero-order valence-corrected chi connectivity index (χ0v) is 8.18. The third-order valence-electron chi connectivity index (χ3n) is 2.07. The van der Waals surface area contributed by atoms with Crippen molar-refractivity contribution in [2.75, 3.05) is 6.61 Å². The Bertz CT molecular complexity index is 278. The quantitative estimate of drug-likeness (QED) is 0.552. The van der Waals surface area contributed by atoms with Gasteiger partial charge in [0.1, 0.15) is 5.75 Å². The van der Waals surface area contributed by atoms with E-state index in [1.807, 2.05) is 0 Å². The molecule has 1 heterocycles. The molecule has 0 aliphatic carbocycles. The van der Waals surface area contributed by atoms with E-state index in [9.17, 15) is 0 Å².